The Balaban J connectivity index is 1.37. The molecule has 1 saturated carbocycles. The van der Waals surface area contributed by atoms with E-state index in [-0.39, 0.29) is 0 Å². The molecule has 0 aromatic carbocycles. The normalized spacial score (nSPS) is 20.1. The first-order valence-electron chi connectivity index (χ1n) is 9.55. The molecule has 2 aromatic heterocycles. The Hall–Kier alpha value is -2.05. The lowest BCUT2D eigenvalue weighted by atomic mass is 9.92. The topological polar surface area (TPSA) is 86.0 Å². The third kappa shape index (κ3) is 5.47. The number of nitrogens with zero attached hydrogens (tertiary/aromatic N) is 3. The number of hydrogen-bond donors (Lipinski definition) is 2. The summed E-state index contributed by atoms with van der Waals surface area (Å²) in [6, 6.07) is 5.64. The minimum atomic E-state index is 0.378. The number of aromatic nitrogens is 3. The number of hydrogen-bond acceptors (Lipinski definition) is 6. The summed E-state index contributed by atoms with van der Waals surface area (Å²) in [6.07, 6.45) is 13.5. The summed E-state index contributed by atoms with van der Waals surface area (Å²) >= 11 is 0. The summed E-state index contributed by atoms with van der Waals surface area (Å²) in [5.41, 5.74) is 9.05. The quantitative estimate of drug-likeness (QED) is 0.708. The van der Waals surface area contributed by atoms with Crippen molar-refractivity contribution in [3.05, 3.63) is 36.4 Å². The molecule has 0 aliphatic heterocycles. The average molecular weight is 355 g/mol. The van der Waals surface area contributed by atoms with E-state index < -0.39 is 0 Å². The highest BCUT2D eigenvalue weighted by Crippen LogP contribution is 2.19. The van der Waals surface area contributed by atoms with Crippen LogP contribution in [0.15, 0.2) is 30.7 Å². The van der Waals surface area contributed by atoms with Gasteiger partial charge in [-0.05, 0) is 57.6 Å². The van der Waals surface area contributed by atoms with Gasteiger partial charge < -0.3 is 15.8 Å². The molecule has 0 spiro atoms. The van der Waals surface area contributed by atoms with Gasteiger partial charge in [-0.25, -0.2) is 9.97 Å². The van der Waals surface area contributed by atoms with Crippen LogP contribution in [-0.2, 0) is 6.42 Å². The van der Waals surface area contributed by atoms with Crippen LogP contribution < -0.4 is 15.8 Å². The van der Waals surface area contributed by atoms with Crippen molar-refractivity contribution in [2.24, 2.45) is 5.73 Å². The number of ether oxygens (including phenoxy) is 1. The summed E-state index contributed by atoms with van der Waals surface area (Å²) in [6.45, 7) is 1.08. The minimum Gasteiger partial charge on any atom is -0.467 e. The summed E-state index contributed by atoms with van der Waals surface area (Å²) in [5.74, 6) is 0. The number of unbranched alkanes of at least 4 members (excludes halogenated alkanes) is 1. The molecule has 140 valence electrons. The van der Waals surface area contributed by atoms with E-state index in [2.05, 4.69) is 32.4 Å². The maximum absolute atomic E-state index is 5.95. The van der Waals surface area contributed by atoms with Crippen molar-refractivity contribution >= 4 is 0 Å². The van der Waals surface area contributed by atoms with Gasteiger partial charge >= 0.3 is 6.01 Å². The van der Waals surface area contributed by atoms with Crippen molar-refractivity contribution in [1.82, 2.24) is 20.3 Å². The van der Waals surface area contributed by atoms with Gasteiger partial charge in [0.15, 0.2) is 0 Å². The Morgan fingerprint density at radius 1 is 1.00 bits per heavy atom. The average Bonchev–Trinajstić information content (AvgIpc) is 2.70. The first-order valence-corrected chi connectivity index (χ1v) is 9.55. The fraction of sp³-hybridized carbons (Fsp3) is 0.550. The van der Waals surface area contributed by atoms with Crippen molar-refractivity contribution in [3.63, 3.8) is 0 Å². The van der Waals surface area contributed by atoms with Crippen molar-refractivity contribution in [1.29, 1.82) is 0 Å². The highest BCUT2D eigenvalue weighted by atomic mass is 16.5. The number of nitrogens with one attached hydrogen (secondary N) is 1. The molecule has 3 N–H and O–H groups in total. The molecule has 0 bridgehead atoms. The van der Waals surface area contributed by atoms with Gasteiger partial charge in [-0.3, -0.25) is 4.98 Å². The lowest BCUT2D eigenvalue weighted by molar-refractivity contribution is 0.341. The molecular formula is C20H29N5O. The summed E-state index contributed by atoms with van der Waals surface area (Å²) in [5, 5.41) is 3.67. The summed E-state index contributed by atoms with van der Waals surface area (Å²) < 4.78 is 4.98. The van der Waals surface area contributed by atoms with Crippen LogP contribution in [0.5, 0.6) is 6.01 Å². The fourth-order valence-corrected chi connectivity index (χ4v) is 3.37. The van der Waals surface area contributed by atoms with Gasteiger partial charge in [-0.1, -0.05) is 6.07 Å². The van der Waals surface area contributed by atoms with E-state index in [1.807, 2.05) is 6.20 Å². The molecule has 6 heteroatoms. The first kappa shape index (κ1) is 18.7. The van der Waals surface area contributed by atoms with Crippen LogP contribution in [0.2, 0.25) is 0 Å². The van der Waals surface area contributed by atoms with E-state index in [0.717, 1.165) is 49.0 Å². The molecule has 0 saturated heterocycles. The molecule has 1 aliphatic rings. The SMILES string of the molecule is COc1ncc(-c2ccc(CCCCN[C@H]3CC[C@H](N)CC3)nc2)cn1. The standard InChI is InChI=1S/C20H29N5O/c1-26-20-24-13-16(14-25-20)15-5-8-18(23-12-15)4-2-3-11-22-19-9-6-17(21)7-10-19/h5,8,12-14,17,19,22H,2-4,6-7,9-11,21H2,1H3/t17-,19-. The second-order valence-corrected chi connectivity index (χ2v) is 7.02. The van der Waals surface area contributed by atoms with Crippen LogP contribution >= 0.6 is 0 Å². The zero-order chi connectivity index (χ0) is 18.2. The van der Waals surface area contributed by atoms with Gasteiger partial charge in [0, 0.05) is 47.5 Å². The van der Waals surface area contributed by atoms with E-state index in [9.17, 15) is 0 Å². The number of aryl methyl sites for hydroxylation is 1. The van der Waals surface area contributed by atoms with Gasteiger partial charge in [0.2, 0.25) is 0 Å². The van der Waals surface area contributed by atoms with E-state index in [1.54, 1.807) is 19.5 Å². The van der Waals surface area contributed by atoms with E-state index in [1.165, 1.54) is 19.3 Å². The van der Waals surface area contributed by atoms with E-state index >= 15 is 0 Å². The number of rotatable bonds is 8. The zero-order valence-electron chi connectivity index (χ0n) is 15.5. The van der Waals surface area contributed by atoms with Gasteiger partial charge in [0.05, 0.1) is 7.11 Å². The lowest BCUT2D eigenvalue weighted by Crippen LogP contribution is -2.37. The second kappa shape index (κ2) is 9.59. The predicted molar refractivity (Wildman–Crippen MR) is 103 cm³/mol. The third-order valence-electron chi connectivity index (χ3n) is 5.03. The highest BCUT2D eigenvalue weighted by Gasteiger charge is 2.17. The molecule has 0 amide bonds. The molecule has 2 aromatic rings. The maximum atomic E-state index is 5.95. The first-order chi connectivity index (χ1) is 12.7. The molecule has 0 unspecified atom stereocenters. The van der Waals surface area contributed by atoms with Crippen LogP contribution in [-0.4, -0.2) is 40.7 Å². The van der Waals surface area contributed by atoms with Crippen molar-refractivity contribution in [3.8, 4) is 17.1 Å². The molecule has 0 radical (unpaired) electrons. The van der Waals surface area contributed by atoms with Crippen LogP contribution in [0.3, 0.4) is 0 Å². The minimum absolute atomic E-state index is 0.378. The fourth-order valence-electron chi connectivity index (χ4n) is 3.37. The van der Waals surface area contributed by atoms with Crippen molar-refractivity contribution in [2.45, 2.75) is 57.0 Å². The summed E-state index contributed by atoms with van der Waals surface area (Å²) in [4.78, 5) is 12.8. The van der Waals surface area contributed by atoms with Gasteiger partial charge in [-0.2, -0.15) is 0 Å². The van der Waals surface area contributed by atoms with Crippen LogP contribution in [0, 0.1) is 0 Å². The largest absolute Gasteiger partial charge is 0.467 e. The Kier molecular flexibility index (Phi) is 6.91. The highest BCUT2D eigenvalue weighted by molar-refractivity contribution is 5.60. The van der Waals surface area contributed by atoms with Gasteiger partial charge in [0.1, 0.15) is 0 Å². The molecule has 2 heterocycles. The number of methoxy groups -OCH3 is 1. The maximum Gasteiger partial charge on any atom is 0.316 e. The summed E-state index contributed by atoms with van der Waals surface area (Å²) in [7, 11) is 1.56. The number of nitrogens with two attached hydrogens (primary N) is 1. The van der Waals surface area contributed by atoms with Gasteiger partial charge in [0.25, 0.3) is 0 Å². The van der Waals surface area contributed by atoms with E-state index in [0.29, 0.717) is 18.1 Å². The molecule has 6 nitrogen and oxygen atoms in total. The molecule has 1 fully saturated rings. The van der Waals surface area contributed by atoms with Crippen LogP contribution in [0.1, 0.15) is 44.2 Å². The molecule has 26 heavy (non-hydrogen) atoms. The lowest BCUT2D eigenvalue weighted by Gasteiger charge is -2.26. The van der Waals surface area contributed by atoms with Crippen LogP contribution in [0.4, 0.5) is 0 Å². The Morgan fingerprint density at radius 3 is 2.38 bits per heavy atom. The predicted octanol–water partition coefficient (Wildman–Crippen LogP) is 2.73. The number of pyridine rings is 1. The van der Waals surface area contributed by atoms with Gasteiger partial charge in [-0.15, -0.1) is 0 Å². The Morgan fingerprint density at radius 2 is 1.73 bits per heavy atom. The second-order valence-electron chi connectivity index (χ2n) is 7.02. The monoisotopic (exact) mass is 355 g/mol. The van der Waals surface area contributed by atoms with Crippen LogP contribution in [0.25, 0.3) is 11.1 Å². The Bertz CT molecular complexity index is 651. The molecule has 3 rings (SSSR count). The van der Waals surface area contributed by atoms with E-state index in [4.69, 9.17) is 10.5 Å². The van der Waals surface area contributed by atoms with Crippen molar-refractivity contribution < 1.29 is 4.74 Å². The molecule has 1 aliphatic carbocycles. The third-order valence-corrected chi connectivity index (χ3v) is 5.03. The Labute approximate surface area is 155 Å². The van der Waals surface area contributed by atoms with Crippen molar-refractivity contribution in [2.75, 3.05) is 13.7 Å². The smallest absolute Gasteiger partial charge is 0.316 e. The zero-order valence-corrected chi connectivity index (χ0v) is 15.5. The molecule has 0 atom stereocenters. The molecular weight excluding hydrogens is 326 g/mol.